The van der Waals surface area contributed by atoms with Crippen LogP contribution in [0.4, 0.5) is 4.39 Å². The molecule has 0 spiro atoms. The van der Waals surface area contributed by atoms with E-state index >= 15 is 0 Å². The maximum absolute atomic E-state index is 13.3. The molecule has 6 heteroatoms. The average molecular weight is 260 g/mol. The van der Waals surface area contributed by atoms with Crippen LogP contribution in [0.15, 0.2) is 23.1 Å². The summed E-state index contributed by atoms with van der Waals surface area (Å²) >= 11 is 0. The lowest BCUT2D eigenvalue weighted by Gasteiger charge is -2.18. The van der Waals surface area contributed by atoms with E-state index in [2.05, 4.69) is 4.90 Å². The molecule has 0 aliphatic heterocycles. The SMILES string of the molecule is CCN(CC)Cc1cc(F)cc(S(N)(=O)=O)c1. The maximum Gasteiger partial charge on any atom is 0.238 e. The number of benzene rings is 1. The number of sulfonamides is 1. The van der Waals surface area contributed by atoms with E-state index in [4.69, 9.17) is 5.14 Å². The Morgan fingerprint density at radius 3 is 2.29 bits per heavy atom. The zero-order chi connectivity index (χ0) is 13.1. The Balaban J connectivity index is 3.06. The molecule has 0 aliphatic rings. The average Bonchev–Trinajstić information content (AvgIpc) is 2.24. The van der Waals surface area contributed by atoms with E-state index in [-0.39, 0.29) is 4.90 Å². The zero-order valence-electron chi connectivity index (χ0n) is 9.98. The number of nitrogens with zero attached hydrogens (tertiary/aromatic N) is 1. The van der Waals surface area contributed by atoms with Crippen LogP contribution < -0.4 is 5.14 Å². The minimum atomic E-state index is -3.86. The first-order valence-electron chi connectivity index (χ1n) is 5.41. The van der Waals surface area contributed by atoms with Crippen LogP contribution >= 0.6 is 0 Å². The molecule has 0 saturated heterocycles. The van der Waals surface area contributed by atoms with Gasteiger partial charge in [-0.25, -0.2) is 17.9 Å². The summed E-state index contributed by atoms with van der Waals surface area (Å²) in [6.45, 7) is 6.12. The molecule has 0 unspecified atom stereocenters. The maximum atomic E-state index is 13.3. The molecule has 96 valence electrons. The molecule has 2 N–H and O–H groups in total. The second-order valence-corrected chi connectivity index (χ2v) is 5.36. The largest absolute Gasteiger partial charge is 0.300 e. The van der Waals surface area contributed by atoms with E-state index < -0.39 is 15.8 Å². The molecule has 0 aromatic heterocycles. The fourth-order valence-electron chi connectivity index (χ4n) is 1.58. The number of hydrogen-bond donors (Lipinski definition) is 1. The number of hydrogen-bond acceptors (Lipinski definition) is 3. The van der Waals surface area contributed by atoms with Gasteiger partial charge in [-0.1, -0.05) is 13.8 Å². The standard InChI is InChI=1S/C11H17FN2O2S/c1-3-14(4-2)8-9-5-10(12)7-11(6-9)17(13,15)16/h5-7H,3-4,8H2,1-2H3,(H2,13,15,16). The van der Waals surface area contributed by atoms with Crippen LogP contribution in [-0.4, -0.2) is 26.4 Å². The van der Waals surface area contributed by atoms with Crippen LogP contribution in [0.5, 0.6) is 0 Å². The lowest BCUT2D eigenvalue weighted by atomic mass is 10.2. The van der Waals surface area contributed by atoms with E-state index in [0.29, 0.717) is 12.1 Å². The van der Waals surface area contributed by atoms with Crippen LogP contribution in [-0.2, 0) is 16.6 Å². The molecule has 0 radical (unpaired) electrons. The third-order valence-corrected chi connectivity index (χ3v) is 3.45. The van der Waals surface area contributed by atoms with Gasteiger partial charge in [0.25, 0.3) is 0 Å². The Morgan fingerprint density at radius 1 is 1.24 bits per heavy atom. The van der Waals surface area contributed by atoms with Crippen LogP contribution in [0, 0.1) is 5.82 Å². The summed E-state index contributed by atoms with van der Waals surface area (Å²) in [4.78, 5) is 1.88. The van der Waals surface area contributed by atoms with Gasteiger partial charge in [0, 0.05) is 6.54 Å². The highest BCUT2D eigenvalue weighted by atomic mass is 32.2. The minimum Gasteiger partial charge on any atom is -0.300 e. The number of rotatable bonds is 5. The van der Waals surface area contributed by atoms with E-state index in [1.165, 1.54) is 12.1 Å². The summed E-state index contributed by atoms with van der Waals surface area (Å²) in [6, 6.07) is 3.67. The molecular weight excluding hydrogens is 243 g/mol. The van der Waals surface area contributed by atoms with Crippen LogP contribution in [0.1, 0.15) is 19.4 Å². The van der Waals surface area contributed by atoms with Gasteiger partial charge in [-0.3, -0.25) is 4.90 Å². The number of nitrogens with two attached hydrogens (primary N) is 1. The molecule has 0 heterocycles. The van der Waals surface area contributed by atoms with Crippen molar-refractivity contribution < 1.29 is 12.8 Å². The molecule has 0 atom stereocenters. The molecule has 1 aromatic carbocycles. The van der Waals surface area contributed by atoms with E-state index in [0.717, 1.165) is 19.2 Å². The molecule has 1 aromatic rings. The van der Waals surface area contributed by atoms with Gasteiger partial charge in [0.1, 0.15) is 5.82 Å². The molecule has 0 amide bonds. The van der Waals surface area contributed by atoms with Crippen LogP contribution in [0.25, 0.3) is 0 Å². The first-order valence-corrected chi connectivity index (χ1v) is 6.96. The molecule has 4 nitrogen and oxygen atoms in total. The van der Waals surface area contributed by atoms with Gasteiger partial charge in [-0.15, -0.1) is 0 Å². The molecule has 0 saturated carbocycles. The van der Waals surface area contributed by atoms with Crippen molar-refractivity contribution >= 4 is 10.0 Å². The Morgan fingerprint density at radius 2 is 1.82 bits per heavy atom. The second-order valence-electron chi connectivity index (χ2n) is 3.80. The fourth-order valence-corrected chi connectivity index (χ4v) is 2.17. The van der Waals surface area contributed by atoms with Crippen molar-refractivity contribution in [1.82, 2.24) is 4.90 Å². The summed E-state index contributed by atoms with van der Waals surface area (Å²) in [5.41, 5.74) is 0.609. The highest BCUT2D eigenvalue weighted by Gasteiger charge is 2.12. The van der Waals surface area contributed by atoms with Crippen molar-refractivity contribution in [3.63, 3.8) is 0 Å². The monoisotopic (exact) mass is 260 g/mol. The number of primary sulfonamides is 1. The highest BCUT2D eigenvalue weighted by Crippen LogP contribution is 2.14. The fraction of sp³-hybridized carbons (Fsp3) is 0.455. The smallest absolute Gasteiger partial charge is 0.238 e. The van der Waals surface area contributed by atoms with Crippen molar-refractivity contribution in [2.75, 3.05) is 13.1 Å². The lowest BCUT2D eigenvalue weighted by molar-refractivity contribution is 0.295. The van der Waals surface area contributed by atoms with Crippen LogP contribution in [0.3, 0.4) is 0 Å². The molecule has 0 aliphatic carbocycles. The first kappa shape index (κ1) is 14.1. The topological polar surface area (TPSA) is 63.4 Å². The summed E-state index contributed by atoms with van der Waals surface area (Å²) in [5.74, 6) is -0.585. The van der Waals surface area contributed by atoms with E-state index in [1.54, 1.807) is 0 Å². The summed E-state index contributed by atoms with van der Waals surface area (Å²) in [5, 5.41) is 4.98. The molecule has 0 bridgehead atoms. The Kier molecular flexibility index (Phi) is 4.62. The van der Waals surface area contributed by atoms with Gasteiger partial charge in [-0.2, -0.15) is 0 Å². The van der Waals surface area contributed by atoms with Crippen LogP contribution in [0.2, 0.25) is 0 Å². The van der Waals surface area contributed by atoms with E-state index in [9.17, 15) is 12.8 Å². The van der Waals surface area contributed by atoms with E-state index in [1.807, 2.05) is 13.8 Å². The Labute approximate surface area is 101 Å². The summed E-state index contributed by atoms with van der Waals surface area (Å²) < 4.78 is 35.6. The van der Waals surface area contributed by atoms with Gasteiger partial charge in [-0.05, 0) is 36.9 Å². The Bertz CT molecular complexity index is 484. The minimum absolute atomic E-state index is 0.181. The quantitative estimate of drug-likeness (QED) is 0.868. The van der Waals surface area contributed by atoms with Crippen molar-refractivity contribution in [3.05, 3.63) is 29.6 Å². The third kappa shape index (κ3) is 4.07. The highest BCUT2D eigenvalue weighted by molar-refractivity contribution is 7.89. The lowest BCUT2D eigenvalue weighted by Crippen LogP contribution is -2.22. The molecule has 0 fully saturated rings. The van der Waals surface area contributed by atoms with Crippen molar-refractivity contribution in [1.29, 1.82) is 0 Å². The summed E-state index contributed by atoms with van der Waals surface area (Å²) in [7, 11) is -3.86. The van der Waals surface area contributed by atoms with Gasteiger partial charge < -0.3 is 0 Å². The zero-order valence-corrected chi connectivity index (χ0v) is 10.8. The van der Waals surface area contributed by atoms with Gasteiger partial charge >= 0.3 is 0 Å². The molecule has 17 heavy (non-hydrogen) atoms. The summed E-state index contributed by atoms with van der Waals surface area (Å²) in [6.07, 6.45) is 0. The number of halogens is 1. The van der Waals surface area contributed by atoms with Crippen molar-refractivity contribution in [2.24, 2.45) is 5.14 Å². The van der Waals surface area contributed by atoms with Gasteiger partial charge in [0.15, 0.2) is 0 Å². The normalized spacial score (nSPS) is 12.1. The third-order valence-electron chi connectivity index (χ3n) is 2.56. The molecule has 1 rings (SSSR count). The Hall–Kier alpha value is -0.980. The first-order chi connectivity index (χ1) is 7.86. The van der Waals surface area contributed by atoms with Gasteiger partial charge in [0.05, 0.1) is 4.90 Å². The van der Waals surface area contributed by atoms with Crippen molar-refractivity contribution in [3.8, 4) is 0 Å². The predicted molar refractivity (Wildman–Crippen MR) is 64.4 cm³/mol. The predicted octanol–water partition coefficient (Wildman–Crippen LogP) is 1.31. The van der Waals surface area contributed by atoms with Gasteiger partial charge in [0.2, 0.25) is 10.0 Å². The van der Waals surface area contributed by atoms with Crippen molar-refractivity contribution in [2.45, 2.75) is 25.3 Å². The molecular formula is C11H17FN2O2S. The second kappa shape index (κ2) is 5.57.